The van der Waals surface area contributed by atoms with Gasteiger partial charge in [-0.15, -0.1) is 0 Å². The van der Waals surface area contributed by atoms with E-state index in [2.05, 4.69) is 5.32 Å². The molecule has 2 aromatic rings. The van der Waals surface area contributed by atoms with Gasteiger partial charge in [-0.05, 0) is 24.1 Å². The van der Waals surface area contributed by atoms with Crippen LogP contribution in [0.2, 0.25) is 0 Å². The van der Waals surface area contributed by atoms with Gasteiger partial charge in [-0.1, -0.05) is 42.5 Å². The minimum Gasteiger partial charge on any atom is -0.485 e. The first-order chi connectivity index (χ1) is 12.2. The van der Waals surface area contributed by atoms with Crippen molar-refractivity contribution in [2.45, 2.75) is 12.5 Å². The molecule has 1 aliphatic rings. The number of hydrogen-bond acceptors (Lipinski definition) is 5. The Morgan fingerprint density at radius 3 is 2.56 bits per heavy atom. The summed E-state index contributed by atoms with van der Waals surface area (Å²) in [7, 11) is 0. The van der Waals surface area contributed by atoms with Gasteiger partial charge in [0.2, 0.25) is 6.10 Å². The Kier molecular flexibility index (Phi) is 5.51. The lowest BCUT2D eigenvalue weighted by atomic mass is 10.1. The predicted molar refractivity (Wildman–Crippen MR) is 90.5 cm³/mol. The van der Waals surface area contributed by atoms with Crippen LogP contribution in [-0.2, 0) is 20.7 Å². The molecule has 0 spiro atoms. The van der Waals surface area contributed by atoms with E-state index in [1.807, 2.05) is 36.4 Å². The van der Waals surface area contributed by atoms with Crippen molar-refractivity contribution in [2.75, 3.05) is 19.8 Å². The number of rotatable bonds is 6. The van der Waals surface area contributed by atoms with E-state index in [1.165, 1.54) is 0 Å². The van der Waals surface area contributed by atoms with Crippen LogP contribution in [0.4, 0.5) is 0 Å². The maximum Gasteiger partial charge on any atom is 0.351 e. The zero-order chi connectivity index (χ0) is 17.5. The van der Waals surface area contributed by atoms with Gasteiger partial charge in [0.05, 0.1) is 0 Å². The molecule has 0 aliphatic carbocycles. The van der Waals surface area contributed by atoms with Gasteiger partial charge in [-0.3, -0.25) is 4.79 Å². The third-order valence-electron chi connectivity index (χ3n) is 3.70. The molecule has 130 valence electrons. The second-order valence-corrected chi connectivity index (χ2v) is 5.56. The highest BCUT2D eigenvalue weighted by atomic mass is 16.6. The predicted octanol–water partition coefficient (Wildman–Crippen LogP) is 1.73. The normalized spacial score (nSPS) is 15.3. The minimum atomic E-state index is -0.869. The quantitative estimate of drug-likeness (QED) is 0.810. The van der Waals surface area contributed by atoms with E-state index in [-0.39, 0.29) is 19.1 Å². The van der Waals surface area contributed by atoms with E-state index in [1.54, 1.807) is 18.2 Å². The number of carbonyl (C=O) groups excluding carboxylic acids is 2. The van der Waals surface area contributed by atoms with Crippen LogP contribution in [0, 0.1) is 0 Å². The SMILES string of the molecule is O=C(COC(=O)[C@@H]1COc2ccccc2O1)NCCc1ccccc1. The van der Waals surface area contributed by atoms with Gasteiger partial charge >= 0.3 is 5.97 Å². The third kappa shape index (κ3) is 4.73. The Morgan fingerprint density at radius 1 is 1.04 bits per heavy atom. The van der Waals surface area contributed by atoms with Crippen molar-refractivity contribution in [3.05, 3.63) is 60.2 Å². The van der Waals surface area contributed by atoms with Gasteiger partial charge < -0.3 is 19.5 Å². The second-order valence-electron chi connectivity index (χ2n) is 5.56. The molecule has 2 aromatic carbocycles. The van der Waals surface area contributed by atoms with E-state index in [4.69, 9.17) is 14.2 Å². The summed E-state index contributed by atoms with van der Waals surface area (Å²) in [5.41, 5.74) is 1.13. The Bertz CT molecular complexity index is 732. The van der Waals surface area contributed by atoms with E-state index >= 15 is 0 Å². The summed E-state index contributed by atoms with van der Waals surface area (Å²) in [6, 6.07) is 16.9. The molecule has 6 nitrogen and oxygen atoms in total. The van der Waals surface area contributed by atoms with Crippen molar-refractivity contribution in [3.63, 3.8) is 0 Å². The van der Waals surface area contributed by atoms with Crippen LogP contribution in [0.5, 0.6) is 11.5 Å². The number of carbonyl (C=O) groups is 2. The summed E-state index contributed by atoms with van der Waals surface area (Å²) in [6.45, 7) is 0.206. The number of fused-ring (bicyclic) bond motifs is 1. The smallest absolute Gasteiger partial charge is 0.351 e. The summed E-state index contributed by atoms with van der Waals surface area (Å²) < 4.78 is 16.0. The van der Waals surface area contributed by atoms with E-state index in [0.717, 1.165) is 12.0 Å². The average Bonchev–Trinajstić information content (AvgIpc) is 2.66. The second kappa shape index (κ2) is 8.19. The third-order valence-corrected chi connectivity index (χ3v) is 3.70. The van der Waals surface area contributed by atoms with Crippen LogP contribution >= 0.6 is 0 Å². The molecule has 1 atom stereocenters. The minimum absolute atomic E-state index is 0.0610. The van der Waals surface area contributed by atoms with E-state index in [0.29, 0.717) is 18.0 Å². The standard InChI is InChI=1S/C19H19NO5/c21-18(20-11-10-14-6-2-1-3-7-14)13-24-19(22)17-12-23-15-8-4-5-9-16(15)25-17/h1-9,17H,10-13H2,(H,20,21)/t17-/m0/s1. The maximum absolute atomic E-state index is 12.0. The van der Waals surface area contributed by atoms with Gasteiger partial charge in [0.15, 0.2) is 18.1 Å². The molecule has 0 aromatic heterocycles. The molecule has 25 heavy (non-hydrogen) atoms. The van der Waals surface area contributed by atoms with Crippen molar-refractivity contribution >= 4 is 11.9 Å². The monoisotopic (exact) mass is 341 g/mol. The lowest BCUT2D eigenvalue weighted by molar-refractivity contribution is -0.157. The molecule has 0 bridgehead atoms. The average molecular weight is 341 g/mol. The summed E-state index contributed by atoms with van der Waals surface area (Å²) in [6.07, 6.45) is -0.149. The highest BCUT2D eigenvalue weighted by molar-refractivity contribution is 5.82. The number of benzene rings is 2. The van der Waals surface area contributed by atoms with Gasteiger partial charge in [-0.2, -0.15) is 0 Å². The number of amides is 1. The van der Waals surface area contributed by atoms with Crippen molar-refractivity contribution < 1.29 is 23.8 Å². The van der Waals surface area contributed by atoms with Gasteiger partial charge in [0, 0.05) is 6.54 Å². The summed E-state index contributed by atoms with van der Waals surface area (Å²) in [5.74, 6) is 0.113. The number of para-hydroxylation sites is 2. The molecule has 0 saturated heterocycles. The molecule has 0 saturated carbocycles. The molecule has 0 unspecified atom stereocenters. The summed E-state index contributed by atoms with van der Waals surface area (Å²) >= 11 is 0. The van der Waals surface area contributed by atoms with Crippen LogP contribution in [0.25, 0.3) is 0 Å². The molecule has 1 N–H and O–H groups in total. The van der Waals surface area contributed by atoms with Crippen molar-refractivity contribution in [1.82, 2.24) is 5.32 Å². The maximum atomic E-state index is 12.0. The van der Waals surface area contributed by atoms with Crippen LogP contribution < -0.4 is 14.8 Å². The molecule has 1 aliphatic heterocycles. The Balaban J connectivity index is 1.38. The number of ether oxygens (including phenoxy) is 3. The van der Waals surface area contributed by atoms with Crippen molar-refractivity contribution in [2.24, 2.45) is 0 Å². The van der Waals surface area contributed by atoms with Gasteiger partial charge in [0.1, 0.15) is 6.61 Å². The lowest BCUT2D eigenvalue weighted by Crippen LogP contribution is -2.39. The van der Waals surface area contributed by atoms with Gasteiger partial charge in [0.25, 0.3) is 5.91 Å². The van der Waals surface area contributed by atoms with Crippen molar-refractivity contribution in [3.8, 4) is 11.5 Å². The molecular formula is C19H19NO5. The molecule has 0 radical (unpaired) electrons. The van der Waals surface area contributed by atoms with Crippen molar-refractivity contribution in [1.29, 1.82) is 0 Å². The first kappa shape index (κ1) is 16.8. The van der Waals surface area contributed by atoms with E-state index < -0.39 is 12.1 Å². The van der Waals surface area contributed by atoms with Crippen LogP contribution in [0.3, 0.4) is 0 Å². The Labute approximate surface area is 145 Å². The highest BCUT2D eigenvalue weighted by Crippen LogP contribution is 2.31. The van der Waals surface area contributed by atoms with Crippen LogP contribution in [0.1, 0.15) is 5.56 Å². The zero-order valence-corrected chi connectivity index (χ0v) is 13.6. The summed E-state index contributed by atoms with van der Waals surface area (Å²) in [4.78, 5) is 23.8. The topological polar surface area (TPSA) is 73.9 Å². The molecule has 0 fully saturated rings. The van der Waals surface area contributed by atoms with E-state index in [9.17, 15) is 9.59 Å². The fraction of sp³-hybridized carbons (Fsp3) is 0.263. The largest absolute Gasteiger partial charge is 0.485 e. The number of esters is 1. The number of nitrogens with one attached hydrogen (secondary N) is 1. The fourth-order valence-corrected chi connectivity index (χ4v) is 2.41. The molecule has 1 heterocycles. The molecule has 6 heteroatoms. The number of hydrogen-bond donors (Lipinski definition) is 1. The molecular weight excluding hydrogens is 322 g/mol. The fourth-order valence-electron chi connectivity index (χ4n) is 2.41. The highest BCUT2D eigenvalue weighted by Gasteiger charge is 2.29. The Hall–Kier alpha value is -3.02. The Morgan fingerprint density at radius 2 is 1.76 bits per heavy atom. The first-order valence-electron chi connectivity index (χ1n) is 8.08. The first-order valence-corrected chi connectivity index (χ1v) is 8.08. The van der Waals surface area contributed by atoms with Crippen LogP contribution in [-0.4, -0.2) is 37.7 Å². The lowest BCUT2D eigenvalue weighted by Gasteiger charge is -2.24. The summed E-state index contributed by atoms with van der Waals surface area (Å²) in [5, 5.41) is 2.72. The zero-order valence-electron chi connectivity index (χ0n) is 13.6. The molecule has 1 amide bonds. The van der Waals surface area contributed by atoms with Crippen LogP contribution in [0.15, 0.2) is 54.6 Å². The van der Waals surface area contributed by atoms with Gasteiger partial charge in [-0.25, -0.2) is 4.79 Å². The molecule has 3 rings (SSSR count).